The minimum Gasteiger partial charge on any atom is -0.338 e. The second-order valence-corrected chi connectivity index (χ2v) is 3.55. The van der Waals surface area contributed by atoms with E-state index in [0.717, 1.165) is 24.2 Å². The number of aromatic nitrogens is 2. The number of allylic oxidation sites excluding steroid dienone is 2. The van der Waals surface area contributed by atoms with Gasteiger partial charge in [-0.15, -0.1) is 0 Å². The lowest BCUT2D eigenvalue weighted by molar-refractivity contribution is -0.115. The average Bonchev–Trinajstić information content (AvgIpc) is 2.63. The largest absolute Gasteiger partial charge is 0.338 e. The first-order chi connectivity index (χ1) is 7.19. The maximum absolute atomic E-state index is 11.7. The van der Waals surface area contributed by atoms with Gasteiger partial charge in [0.05, 0.1) is 0 Å². The van der Waals surface area contributed by atoms with E-state index in [9.17, 15) is 4.79 Å². The Kier molecular flexibility index (Phi) is 4.28. The Morgan fingerprint density at radius 1 is 1.60 bits per heavy atom. The molecule has 0 saturated carbocycles. The molecule has 0 radical (unpaired) electrons. The molecular weight excluding hydrogens is 188 g/mol. The molecule has 0 saturated heterocycles. The number of carbonyl (C=O) groups is 1. The van der Waals surface area contributed by atoms with E-state index in [1.54, 1.807) is 6.20 Å². The lowest BCUT2D eigenvalue weighted by Crippen LogP contribution is -2.06. The van der Waals surface area contributed by atoms with Crippen LogP contribution in [-0.4, -0.2) is 15.3 Å². The highest BCUT2D eigenvalue weighted by atomic mass is 16.1. The highest BCUT2D eigenvalue weighted by Gasteiger charge is 2.08. The molecule has 0 aliphatic rings. The SMILES string of the molecule is C/C=C(/CC)C(=O)CCc1nccn1C. The monoisotopic (exact) mass is 206 g/mol. The summed E-state index contributed by atoms with van der Waals surface area (Å²) >= 11 is 0. The first kappa shape index (κ1) is 11.7. The molecule has 1 heterocycles. The highest BCUT2D eigenvalue weighted by Crippen LogP contribution is 2.08. The Labute approximate surface area is 90.8 Å². The lowest BCUT2D eigenvalue weighted by Gasteiger charge is -2.03. The summed E-state index contributed by atoms with van der Waals surface area (Å²) in [6.45, 7) is 3.92. The van der Waals surface area contributed by atoms with Crippen LogP contribution in [0.15, 0.2) is 24.0 Å². The van der Waals surface area contributed by atoms with Crippen molar-refractivity contribution in [2.24, 2.45) is 7.05 Å². The molecule has 0 N–H and O–H groups in total. The lowest BCUT2D eigenvalue weighted by atomic mass is 10.0. The number of imidazole rings is 1. The van der Waals surface area contributed by atoms with Crippen LogP contribution in [-0.2, 0) is 18.3 Å². The molecule has 0 aliphatic carbocycles. The normalized spacial score (nSPS) is 11.8. The van der Waals surface area contributed by atoms with Crippen molar-refractivity contribution in [2.45, 2.75) is 33.1 Å². The summed E-state index contributed by atoms with van der Waals surface area (Å²) in [5.41, 5.74) is 0.921. The molecule has 0 spiro atoms. The van der Waals surface area contributed by atoms with E-state index >= 15 is 0 Å². The van der Waals surface area contributed by atoms with E-state index < -0.39 is 0 Å². The zero-order valence-corrected chi connectivity index (χ0v) is 9.66. The Morgan fingerprint density at radius 2 is 2.33 bits per heavy atom. The van der Waals surface area contributed by atoms with Gasteiger partial charge in [0.2, 0.25) is 0 Å². The smallest absolute Gasteiger partial charge is 0.158 e. The Bertz CT molecular complexity index is 363. The van der Waals surface area contributed by atoms with Crippen molar-refractivity contribution in [3.8, 4) is 0 Å². The molecule has 1 aromatic heterocycles. The summed E-state index contributed by atoms with van der Waals surface area (Å²) in [6, 6.07) is 0. The minimum absolute atomic E-state index is 0.239. The van der Waals surface area contributed by atoms with Gasteiger partial charge < -0.3 is 4.57 Å². The number of Topliss-reactive ketones (excluding diaryl/α,β-unsaturated/α-hetero) is 1. The minimum atomic E-state index is 0.239. The third kappa shape index (κ3) is 3.05. The number of hydrogen-bond donors (Lipinski definition) is 0. The molecule has 0 amide bonds. The van der Waals surface area contributed by atoms with Crippen LogP contribution in [0.2, 0.25) is 0 Å². The van der Waals surface area contributed by atoms with E-state index in [-0.39, 0.29) is 5.78 Å². The highest BCUT2D eigenvalue weighted by molar-refractivity contribution is 5.95. The Morgan fingerprint density at radius 3 is 2.80 bits per heavy atom. The van der Waals surface area contributed by atoms with Crippen LogP contribution in [0.4, 0.5) is 0 Å². The molecular formula is C12H18N2O. The molecule has 0 bridgehead atoms. The van der Waals surface area contributed by atoms with E-state index in [0.29, 0.717) is 6.42 Å². The number of aryl methyl sites for hydroxylation is 2. The summed E-state index contributed by atoms with van der Waals surface area (Å²) in [6.07, 6.45) is 7.65. The predicted octanol–water partition coefficient (Wildman–Crippen LogP) is 2.28. The molecule has 0 atom stereocenters. The van der Waals surface area contributed by atoms with Gasteiger partial charge in [-0.25, -0.2) is 4.98 Å². The van der Waals surface area contributed by atoms with Crippen LogP contribution in [0.5, 0.6) is 0 Å². The number of carbonyl (C=O) groups excluding carboxylic acids is 1. The second kappa shape index (κ2) is 5.49. The van der Waals surface area contributed by atoms with Crippen molar-refractivity contribution in [3.05, 3.63) is 29.9 Å². The zero-order valence-electron chi connectivity index (χ0n) is 9.66. The van der Waals surface area contributed by atoms with Crippen molar-refractivity contribution < 1.29 is 4.79 Å². The van der Waals surface area contributed by atoms with E-state index in [1.165, 1.54) is 0 Å². The first-order valence-corrected chi connectivity index (χ1v) is 5.33. The summed E-state index contributed by atoms with van der Waals surface area (Å²) in [4.78, 5) is 15.9. The van der Waals surface area contributed by atoms with Gasteiger partial charge in [0.25, 0.3) is 0 Å². The fraction of sp³-hybridized carbons (Fsp3) is 0.500. The molecule has 0 unspecified atom stereocenters. The van der Waals surface area contributed by atoms with Crippen LogP contribution in [0.1, 0.15) is 32.5 Å². The van der Waals surface area contributed by atoms with Crippen LogP contribution in [0.25, 0.3) is 0 Å². The number of nitrogens with zero attached hydrogens (tertiary/aromatic N) is 2. The summed E-state index contributed by atoms with van der Waals surface area (Å²) in [7, 11) is 1.95. The maximum Gasteiger partial charge on any atom is 0.158 e. The van der Waals surface area contributed by atoms with E-state index in [1.807, 2.05) is 37.7 Å². The standard InChI is InChI=1S/C12H18N2O/c1-4-10(5-2)11(15)6-7-12-13-8-9-14(12)3/h4,8-9H,5-7H2,1-3H3/b10-4-. The van der Waals surface area contributed by atoms with Gasteiger partial charge in [-0.05, 0) is 18.9 Å². The molecule has 0 fully saturated rings. The summed E-state index contributed by atoms with van der Waals surface area (Å²) < 4.78 is 1.95. The molecule has 82 valence electrons. The number of ketones is 1. The Hall–Kier alpha value is -1.38. The number of hydrogen-bond acceptors (Lipinski definition) is 2. The second-order valence-electron chi connectivity index (χ2n) is 3.55. The summed E-state index contributed by atoms with van der Waals surface area (Å²) in [5, 5.41) is 0. The maximum atomic E-state index is 11.7. The van der Waals surface area contributed by atoms with Crippen LogP contribution >= 0.6 is 0 Å². The fourth-order valence-electron chi connectivity index (χ4n) is 1.59. The third-order valence-electron chi connectivity index (χ3n) is 2.58. The van der Waals surface area contributed by atoms with Gasteiger partial charge in [0, 0.05) is 32.3 Å². The van der Waals surface area contributed by atoms with Gasteiger partial charge in [-0.1, -0.05) is 13.0 Å². The van der Waals surface area contributed by atoms with Gasteiger partial charge in [0.15, 0.2) is 5.78 Å². The third-order valence-corrected chi connectivity index (χ3v) is 2.58. The summed E-state index contributed by atoms with van der Waals surface area (Å²) in [5.74, 6) is 1.21. The quantitative estimate of drug-likeness (QED) is 0.693. The topological polar surface area (TPSA) is 34.9 Å². The number of rotatable bonds is 5. The van der Waals surface area contributed by atoms with Gasteiger partial charge in [-0.2, -0.15) is 0 Å². The molecule has 3 nitrogen and oxygen atoms in total. The van der Waals surface area contributed by atoms with E-state index in [2.05, 4.69) is 4.98 Å². The Balaban J connectivity index is 2.51. The predicted molar refractivity (Wildman–Crippen MR) is 60.6 cm³/mol. The van der Waals surface area contributed by atoms with Gasteiger partial charge >= 0.3 is 0 Å². The molecule has 0 aromatic carbocycles. The molecule has 15 heavy (non-hydrogen) atoms. The average molecular weight is 206 g/mol. The van der Waals surface area contributed by atoms with Crippen molar-refractivity contribution >= 4 is 5.78 Å². The molecule has 1 aromatic rings. The van der Waals surface area contributed by atoms with Crippen molar-refractivity contribution in [1.29, 1.82) is 0 Å². The van der Waals surface area contributed by atoms with Crippen molar-refractivity contribution in [1.82, 2.24) is 9.55 Å². The molecule has 1 rings (SSSR count). The zero-order chi connectivity index (χ0) is 11.3. The van der Waals surface area contributed by atoms with Crippen molar-refractivity contribution in [2.75, 3.05) is 0 Å². The first-order valence-electron chi connectivity index (χ1n) is 5.33. The van der Waals surface area contributed by atoms with Crippen LogP contribution < -0.4 is 0 Å². The van der Waals surface area contributed by atoms with Gasteiger partial charge in [0.1, 0.15) is 5.82 Å². The van der Waals surface area contributed by atoms with Crippen LogP contribution in [0, 0.1) is 0 Å². The van der Waals surface area contributed by atoms with Gasteiger partial charge in [-0.3, -0.25) is 4.79 Å². The van der Waals surface area contributed by atoms with Crippen molar-refractivity contribution in [3.63, 3.8) is 0 Å². The van der Waals surface area contributed by atoms with E-state index in [4.69, 9.17) is 0 Å². The van der Waals surface area contributed by atoms with Crippen LogP contribution in [0.3, 0.4) is 0 Å². The fourth-order valence-corrected chi connectivity index (χ4v) is 1.59. The molecule has 0 aliphatic heterocycles. The molecule has 3 heteroatoms.